The fourth-order valence-corrected chi connectivity index (χ4v) is 2.66. The van der Waals surface area contributed by atoms with Crippen molar-refractivity contribution >= 4 is 10.2 Å². The van der Waals surface area contributed by atoms with Crippen molar-refractivity contribution in [3.05, 3.63) is 23.8 Å². The third-order valence-electron chi connectivity index (χ3n) is 2.68. The first-order chi connectivity index (χ1) is 9.11. The van der Waals surface area contributed by atoms with Gasteiger partial charge in [-0.05, 0) is 30.5 Å². The van der Waals surface area contributed by atoms with Crippen LogP contribution in [0.1, 0.15) is 18.9 Å². The van der Waals surface area contributed by atoms with E-state index in [2.05, 4.69) is 9.44 Å². The van der Waals surface area contributed by atoms with Crippen molar-refractivity contribution in [2.75, 3.05) is 19.9 Å². The van der Waals surface area contributed by atoms with Crippen molar-refractivity contribution in [1.82, 2.24) is 9.44 Å². The Morgan fingerprint density at radius 3 is 2.68 bits per heavy atom. The fraction of sp³-hybridized carbons (Fsp3) is 0.500. The first kappa shape index (κ1) is 14.1. The molecule has 2 N–H and O–H groups in total. The molecule has 1 aliphatic rings. The zero-order valence-corrected chi connectivity index (χ0v) is 11.6. The summed E-state index contributed by atoms with van der Waals surface area (Å²) in [7, 11) is -3.38. The van der Waals surface area contributed by atoms with Gasteiger partial charge in [0.25, 0.3) is 10.2 Å². The molecule has 1 aromatic rings. The van der Waals surface area contributed by atoms with E-state index in [1.165, 1.54) is 0 Å². The summed E-state index contributed by atoms with van der Waals surface area (Å²) in [6, 6.07) is 5.61. The quantitative estimate of drug-likeness (QED) is 0.777. The Kier molecular flexibility index (Phi) is 4.62. The molecule has 0 aromatic heterocycles. The zero-order chi connectivity index (χ0) is 13.7. The molecule has 0 spiro atoms. The third kappa shape index (κ3) is 4.09. The van der Waals surface area contributed by atoms with Crippen LogP contribution in [-0.4, -0.2) is 28.3 Å². The number of hydrogen-bond acceptors (Lipinski definition) is 4. The Bertz CT molecular complexity index is 531. The standard InChI is InChI=1S/C12H18N2O4S/c1-2-6-13-19(15,16)14-7-5-10-3-4-11-12(8-10)18-9-17-11/h3-4,8,13-14H,2,5-7,9H2,1H3. The van der Waals surface area contributed by atoms with Crippen molar-refractivity contribution < 1.29 is 17.9 Å². The van der Waals surface area contributed by atoms with Crippen LogP contribution >= 0.6 is 0 Å². The van der Waals surface area contributed by atoms with E-state index >= 15 is 0 Å². The van der Waals surface area contributed by atoms with E-state index in [4.69, 9.17) is 9.47 Å². The van der Waals surface area contributed by atoms with Gasteiger partial charge in [-0.25, -0.2) is 9.44 Å². The van der Waals surface area contributed by atoms with Gasteiger partial charge in [0.1, 0.15) is 0 Å². The van der Waals surface area contributed by atoms with E-state index in [1.54, 1.807) is 0 Å². The predicted molar refractivity (Wildman–Crippen MR) is 71.5 cm³/mol. The van der Waals surface area contributed by atoms with Gasteiger partial charge in [0, 0.05) is 13.1 Å². The van der Waals surface area contributed by atoms with Crippen molar-refractivity contribution in [3.8, 4) is 11.5 Å². The smallest absolute Gasteiger partial charge is 0.276 e. The maximum atomic E-state index is 11.5. The SMILES string of the molecule is CCCNS(=O)(=O)NCCc1ccc2c(c1)OCO2. The highest BCUT2D eigenvalue weighted by atomic mass is 32.2. The highest BCUT2D eigenvalue weighted by Crippen LogP contribution is 2.32. The van der Waals surface area contributed by atoms with Gasteiger partial charge in [0.05, 0.1) is 0 Å². The van der Waals surface area contributed by atoms with Crippen LogP contribution in [0, 0.1) is 0 Å². The second-order valence-corrected chi connectivity index (χ2v) is 5.81. The molecular formula is C12H18N2O4S. The minimum Gasteiger partial charge on any atom is -0.454 e. The molecule has 2 rings (SSSR count). The highest BCUT2D eigenvalue weighted by Gasteiger charge is 2.13. The van der Waals surface area contributed by atoms with Crippen LogP contribution in [0.15, 0.2) is 18.2 Å². The predicted octanol–water partition coefficient (Wildman–Crippen LogP) is 0.792. The number of benzene rings is 1. The molecule has 1 aliphatic heterocycles. The van der Waals surface area contributed by atoms with E-state index < -0.39 is 10.2 Å². The molecule has 1 aromatic carbocycles. The lowest BCUT2D eigenvalue weighted by molar-refractivity contribution is 0.174. The summed E-state index contributed by atoms with van der Waals surface area (Å²) >= 11 is 0. The first-order valence-electron chi connectivity index (χ1n) is 6.23. The van der Waals surface area contributed by atoms with E-state index in [9.17, 15) is 8.42 Å². The monoisotopic (exact) mass is 286 g/mol. The Morgan fingerprint density at radius 1 is 1.16 bits per heavy atom. The third-order valence-corrected chi connectivity index (χ3v) is 3.85. The highest BCUT2D eigenvalue weighted by molar-refractivity contribution is 7.87. The molecule has 0 saturated heterocycles. The zero-order valence-electron chi connectivity index (χ0n) is 10.8. The molecule has 1 heterocycles. The molecule has 0 atom stereocenters. The van der Waals surface area contributed by atoms with Crippen LogP contribution in [0.5, 0.6) is 11.5 Å². The van der Waals surface area contributed by atoms with Crippen LogP contribution < -0.4 is 18.9 Å². The summed E-state index contributed by atoms with van der Waals surface area (Å²) in [6.07, 6.45) is 1.37. The average Bonchev–Trinajstić information content (AvgIpc) is 2.83. The van der Waals surface area contributed by atoms with Gasteiger partial charge < -0.3 is 9.47 Å². The first-order valence-corrected chi connectivity index (χ1v) is 7.72. The molecule has 0 fully saturated rings. The summed E-state index contributed by atoms with van der Waals surface area (Å²) in [4.78, 5) is 0. The summed E-state index contributed by atoms with van der Waals surface area (Å²) in [6.45, 7) is 2.94. The molecule has 0 unspecified atom stereocenters. The van der Waals surface area contributed by atoms with Crippen LogP contribution in [-0.2, 0) is 16.6 Å². The number of rotatable bonds is 7. The fourth-order valence-electron chi connectivity index (χ4n) is 1.71. The lowest BCUT2D eigenvalue weighted by Gasteiger charge is -2.07. The molecule has 0 aliphatic carbocycles. The van der Waals surface area contributed by atoms with Crippen LogP contribution in [0.25, 0.3) is 0 Å². The second-order valence-electron chi connectivity index (χ2n) is 4.23. The molecule has 7 heteroatoms. The Balaban J connectivity index is 1.83. The summed E-state index contributed by atoms with van der Waals surface area (Å²) in [5.74, 6) is 1.44. The maximum Gasteiger partial charge on any atom is 0.276 e. The van der Waals surface area contributed by atoms with E-state index in [0.717, 1.165) is 17.7 Å². The van der Waals surface area contributed by atoms with Crippen molar-refractivity contribution in [2.24, 2.45) is 0 Å². The lowest BCUT2D eigenvalue weighted by Crippen LogP contribution is -2.37. The van der Waals surface area contributed by atoms with Gasteiger partial charge in [-0.3, -0.25) is 0 Å². The summed E-state index contributed by atoms with van der Waals surface area (Å²) in [5, 5.41) is 0. The average molecular weight is 286 g/mol. The summed E-state index contributed by atoms with van der Waals surface area (Å²) < 4.78 is 38.4. The van der Waals surface area contributed by atoms with Crippen LogP contribution in [0.2, 0.25) is 0 Å². The number of ether oxygens (including phenoxy) is 2. The largest absolute Gasteiger partial charge is 0.454 e. The second kappa shape index (κ2) is 6.23. The van der Waals surface area contributed by atoms with E-state index in [1.807, 2.05) is 25.1 Å². The number of hydrogen-bond donors (Lipinski definition) is 2. The van der Waals surface area contributed by atoms with Crippen LogP contribution in [0.4, 0.5) is 0 Å². The minimum atomic E-state index is -3.38. The lowest BCUT2D eigenvalue weighted by atomic mass is 10.1. The van der Waals surface area contributed by atoms with Crippen molar-refractivity contribution in [1.29, 1.82) is 0 Å². The van der Waals surface area contributed by atoms with Gasteiger partial charge >= 0.3 is 0 Å². The molecule has 0 amide bonds. The molecule has 0 radical (unpaired) electrons. The van der Waals surface area contributed by atoms with Gasteiger partial charge in [-0.15, -0.1) is 0 Å². The van der Waals surface area contributed by atoms with Crippen molar-refractivity contribution in [2.45, 2.75) is 19.8 Å². The number of fused-ring (bicyclic) bond motifs is 1. The van der Waals surface area contributed by atoms with Gasteiger partial charge in [-0.1, -0.05) is 13.0 Å². The maximum absolute atomic E-state index is 11.5. The number of nitrogens with one attached hydrogen (secondary N) is 2. The Hall–Kier alpha value is -1.31. The van der Waals surface area contributed by atoms with Gasteiger partial charge in [0.15, 0.2) is 11.5 Å². The molecular weight excluding hydrogens is 268 g/mol. The topological polar surface area (TPSA) is 76.7 Å². The van der Waals surface area contributed by atoms with Crippen LogP contribution in [0.3, 0.4) is 0 Å². The summed E-state index contributed by atoms with van der Waals surface area (Å²) in [5.41, 5.74) is 1.00. The van der Waals surface area contributed by atoms with Gasteiger partial charge in [-0.2, -0.15) is 8.42 Å². The molecule has 0 saturated carbocycles. The molecule has 106 valence electrons. The molecule has 19 heavy (non-hydrogen) atoms. The Morgan fingerprint density at radius 2 is 1.89 bits per heavy atom. The van der Waals surface area contributed by atoms with Crippen molar-refractivity contribution in [3.63, 3.8) is 0 Å². The minimum absolute atomic E-state index is 0.242. The van der Waals surface area contributed by atoms with E-state index in [-0.39, 0.29) is 6.79 Å². The van der Waals surface area contributed by atoms with E-state index in [0.29, 0.717) is 25.3 Å². The van der Waals surface area contributed by atoms with Gasteiger partial charge in [0.2, 0.25) is 6.79 Å². The Labute approximate surface area is 113 Å². The molecule has 6 nitrogen and oxygen atoms in total. The molecule has 0 bridgehead atoms. The normalized spacial score (nSPS) is 13.7.